The number of amides is 2. The standard InChI is InChI=1S/C24H40N2O6/c1-4-5-16-32-17-9-13-25-21(27)18-19-22(28)26(14-10-15-30-2)20-11-7-6-8-12-24(19,20)23(29)31-3/h11,19H,4-10,12-18H2,1-3H3,(H,25,27)/t19-,24+/m0/s1. The van der Waals surface area contributed by atoms with Crippen LogP contribution in [0.3, 0.4) is 0 Å². The predicted octanol–water partition coefficient (Wildman–Crippen LogP) is 2.81. The van der Waals surface area contributed by atoms with E-state index >= 15 is 0 Å². The fourth-order valence-corrected chi connectivity index (χ4v) is 4.72. The lowest BCUT2D eigenvalue weighted by Gasteiger charge is -2.31. The van der Waals surface area contributed by atoms with Crippen LogP contribution in [0.15, 0.2) is 11.8 Å². The van der Waals surface area contributed by atoms with Crippen LogP contribution in [0.4, 0.5) is 0 Å². The zero-order valence-corrected chi connectivity index (χ0v) is 20.0. The molecular formula is C24H40N2O6. The van der Waals surface area contributed by atoms with E-state index in [4.69, 9.17) is 14.2 Å². The summed E-state index contributed by atoms with van der Waals surface area (Å²) in [6.07, 6.45) is 8.54. The van der Waals surface area contributed by atoms with Crippen LogP contribution >= 0.6 is 0 Å². The van der Waals surface area contributed by atoms with Crippen LogP contribution in [0.5, 0.6) is 0 Å². The van der Waals surface area contributed by atoms with Crippen molar-refractivity contribution >= 4 is 17.8 Å². The molecule has 1 heterocycles. The number of esters is 1. The van der Waals surface area contributed by atoms with E-state index in [1.165, 1.54) is 7.11 Å². The molecule has 1 fully saturated rings. The molecule has 0 spiro atoms. The van der Waals surface area contributed by atoms with Crippen LogP contribution in [0.1, 0.15) is 64.7 Å². The van der Waals surface area contributed by atoms with Gasteiger partial charge in [0.15, 0.2) is 0 Å². The first-order chi connectivity index (χ1) is 15.5. The van der Waals surface area contributed by atoms with Crippen molar-refractivity contribution in [3.63, 3.8) is 0 Å². The molecule has 0 unspecified atom stereocenters. The van der Waals surface area contributed by atoms with Crippen molar-refractivity contribution in [2.75, 3.05) is 47.1 Å². The summed E-state index contributed by atoms with van der Waals surface area (Å²) in [5.74, 6) is -1.56. The van der Waals surface area contributed by atoms with Crippen LogP contribution < -0.4 is 5.32 Å². The topological polar surface area (TPSA) is 94.2 Å². The van der Waals surface area contributed by atoms with Gasteiger partial charge in [-0.15, -0.1) is 0 Å². The summed E-state index contributed by atoms with van der Waals surface area (Å²) in [5, 5.41) is 2.89. The highest BCUT2D eigenvalue weighted by Gasteiger charge is 2.61. The second-order valence-corrected chi connectivity index (χ2v) is 8.56. The molecule has 8 heteroatoms. The Kier molecular flexibility index (Phi) is 11.2. The van der Waals surface area contributed by atoms with Crippen molar-refractivity contribution in [1.82, 2.24) is 10.2 Å². The van der Waals surface area contributed by atoms with Crippen LogP contribution in [0.25, 0.3) is 0 Å². The monoisotopic (exact) mass is 452 g/mol. The number of hydrogen-bond acceptors (Lipinski definition) is 6. The molecule has 0 aromatic heterocycles. The van der Waals surface area contributed by atoms with Crippen LogP contribution in [-0.4, -0.2) is 69.8 Å². The number of likely N-dealkylation sites (tertiary alicyclic amines) is 1. The maximum Gasteiger partial charge on any atom is 0.318 e. The van der Waals surface area contributed by atoms with Gasteiger partial charge in [0.25, 0.3) is 0 Å². The van der Waals surface area contributed by atoms with E-state index in [9.17, 15) is 14.4 Å². The number of methoxy groups -OCH3 is 2. The molecule has 1 aliphatic carbocycles. The minimum Gasteiger partial charge on any atom is -0.468 e. The molecule has 182 valence electrons. The molecule has 0 bridgehead atoms. The molecule has 8 nitrogen and oxygen atoms in total. The average Bonchev–Trinajstić information content (AvgIpc) is 2.93. The maximum atomic E-state index is 13.5. The molecule has 2 amide bonds. The quantitative estimate of drug-likeness (QED) is 0.322. The van der Waals surface area contributed by atoms with Crippen molar-refractivity contribution < 1.29 is 28.6 Å². The van der Waals surface area contributed by atoms with Gasteiger partial charge in [-0.1, -0.05) is 25.8 Å². The van der Waals surface area contributed by atoms with Crippen LogP contribution in [-0.2, 0) is 28.6 Å². The van der Waals surface area contributed by atoms with E-state index in [0.29, 0.717) is 51.3 Å². The van der Waals surface area contributed by atoms with Crippen LogP contribution in [0, 0.1) is 11.3 Å². The van der Waals surface area contributed by atoms with E-state index in [2.05, 4.69) is 12.2 Å². The highest BCUT2D eigenvalue weighted by molar-refractivity contribution is 5.98. The number of carbonyl (C=O) groups excluding carboxylic acids is 3. The Bertz CT molecular complexity index is 665. The van der Waals surface area contributed by atoms with Gasteiger partial charge in [-0.05, 0) is 38.5 Å². The normalized spacial score (nSPS) is 22.8. The largest absolute Gasteiger partial charge is 0.468 e. The van der Waals surface area contributed by atoms with Gasteiger partial charge in [0.1, 0.15) is 5.41 Å². The number of unbranched alkanes of at least 4 members (excludes halogenated alkanes) is 1. The number of fused-ring (bicyclic) bond motifs is 1. The first-order valence-electron chi connectivity index (χ1n) is 12.0. The van der Waals surface area contributed by atoms with Gasteiger partial charge in [-0.3, -0.25) is 14.4 Å². The number of hydrogen-bond donors (Lipinski definition) is 1. The number of rotatable bonds is 14. The molecule has 2 atom stereocenters. The average molecular weight is 453 g/mol. The third kappa shape index (κ3) is 6.32. The summed E-state index contributed by atoms with van der Waals surface area (Å²) in [4.78, 5) is 41.0. The van der Waals surface area contributed by atoms with Crippen molar-refractivity contribution in [1.29, 1.82) is 0 Å². The van der Waals surface area contributed by atoms with Crippen molar-refractivity contribution in [2.45, 2.75) is 64.7 Å². The second kappa shape index (κ2) is 13.6. The lowest BCUT2D eigenvalue weighted by Crippen LogP contribution is -2.41. The van der Waals surface area contributed by atoms with Gasteiger partial charge in [0, 0.05) is 52.1 Å². The molecule has 2 aliphatic rings. The Morgan fingerprint density at radius 1 is 1.16 bits per heavy atom. The highest BCUT2D eigenvalue weighted by Crippen LogP contribution is 2.52. The van der Waals surface area contributed by atoms with E-state index in [1.807, 2.05) is 6.08 Å². The van der Waals surface area contributed by atoms with E-state index in [-0.39, 0.29) is 18.2 Å². The zero-order valence-electron chi connectivity index (χ0n) is 20.0. The SMILES string of the molecule is CCCCOCCCNC(=O)C[C@H]1C(=O)N(CCCOC)C2=CCCCC[C@]21C(=O)OC. The molecule has 0 radical (unpaired) electrons. The number of nitrogens with zero attached hydrogens (tertiary/aromatic N) is 1. The summed E-state index contributed by atoms with van der Waals surface area (Å²) < 4.78 is 15.9. The Labute approximate surface area is 192 Å². The smallest absolute Gasteiger partial charge is 0.318 e. The third-order valence-electron chi connectivity index (χ3n) is 6.37. The van der Waals surface area contributed by atoms with Crippen molar-refractivity contribution in [2.24, 2.45) is 11.3 Å². The molecule has 2 rings (SSSR count). The van der Waals surface area contributed by atoms with E-state index in [1.54, 1.807) is 12.0 Å². The van der Waals surface area contributed by atoms with Gasteiger partial charge in [-0.25, -0.2) is 0 Å². The van der Waals surface area contributed by atoms with E-state index < -0.39 is 17.3 Å². The molecule has 0 saturated carbocycles. The molecule has 0 aromatic rings. The lowest BCUT2D eigenvalue weighted by molar-refractivity contribution is -0.155. The first kappa shape index (κ1) is 26.3. The summed E-state index contributed by atoms with van der Waals surface area (Å²) >= 11 is 0. The molecule has 1 N–H and O–H groups in total. The van der Waals surface area contributed by atoms with Crippen molar-refractivity contribution in [3.05, 3.63) is 11.8 Å². The fourth-order valence-electron chi connectivity index (χ4n) is 4.72. The Balaban J connectivity index is 2.11. The Hall–Kier alpha value is -1.93. The van der Waals surface area contributed by atoms with Gasteiger partial charge < -0.3 is 24.4 Å². The third-order valence-corrected chi connectivity index (χ3v) is 6.37. The minimum absolute atomic E-state index is 0.0251. The lowest BCUT2D eigenvalue weighted by atomic mass is 9.71. The second-order valence-electron chi connectivity index (χ2n) is 8.56. The van der Waals surface area contributed by atoms with Crippen LogP contribution in [0.2, 0.25) is 0 Å². The molecular weight excluding hydrogens is 412 g/mol. The van der Waals surface area contributed by atoms with Gasteiger partial charge >= 0.3 is 5.97 Å². The number of carbonyl (C=O) groups is 3. The van der Waals surface area contributed by atoms with Gasteiger partial charge in [0.2, 0.25) is 11.8 Å². The number of allylic oxidation sites excluding steroid dienone is 1. The predicted molar refractivity (Wildman–Crippen MR) is 121 cm³/mol. The first-order valence-corrected chi connectivity index (χ1v) is 12.0. The van der Waals surface area contributed by atoms with Gasteiger partial charge in [-0.2, -0.15) is 0 Å². The maximum absolute atomic E-state index is 13.5. The van der Waals surface area contributed by atoms with E-state index in [0.717, 1.165) is 38.7 Å². The Morgan fingerprint density at radius 2 is 1.94 bits per heavy atom. The van der Waals surface area contributed by atoms with Gasteiger partial charge in [0.05, 0.1) is 13.0 Å². The fraction of sp³-hybridized carbons (Fsp3) is 0.792. The zero-order chi connectivity index (χ0) is 23.4. The number of nitrogens with one attached hydrogen (secondary N) is 1. The summed E-state index contributed by atoms with van der Waals surface area (Å²) in [6, 6.07) is 0. The molecule has 1 saturated heterocycles. The van der Waals surface area contributed by atoms with Crippen molar-refractivity contribution in [3.8, 4) is 0 Å². The molecule has 1 aliphatic heterocycles. The summed E-state index contributed by atoms with van der Waals surface area (Å²) in [6.45, 7) is 4.91. The summed E-state index contributed by atoms with van der Waals surface area (Å²) in [5.41, 5.74) is -0.374. The highest BCUT2D eigenvalue weighted by atomic mass is 16.5. The molecule has 32 heavy (non-hydrogen) atoms. The Morgan fingerprint density at radius 3 is 2.66 bits per heavy atom. The minimum atomic E-state index is -1.09. The molecule has 0 aromatic carbocycles. The summed E-state index contributed by atoms with van der Waals surface area (Å²) in [7, 11) is 2.98. The number of ether oxygens (including phenoxy) is 3.